The van der Waals surface area contributed by atoms with E-state index < -0.39 is 11.6 Å². The van der Waals surface area contributed by atoms with Crippen LogP contribution in [0.4, 0.5) is 5.69 Å². The Morgan fingerprint density at radius 2 is 2.10 bits per heavy atom. The Morgan fingerprint density at radius 1 is 1.43 bits per heavy atom. The van der Waals surface area contributed by atoms with Gasteiger partial charge in [0.15, 0.2) is 0 Å². The molecular weight excluding hydrogens is 334 g/mol. The molecule has 0 aromatic heterocycles. The first-order chi connectivity index (χ1) is 9.93. The fourth-order valence-corrected chi connectivity index (χ4v) is 3.27. The van der Waals surface area contributed by atoms with Gasteiger partial charge in [-0.05, 0) is 55.9 Å². The number of aliphatic carboxylic acids is 1. The summed E-state index contributed by atoms with van der Waals surface area (Å²) < 4.78 is 1.05. The van der Waals surface area contributed by atoms with Crippen LogP contribution in [0, 0.1) is 5.92 Å². The third kappa shape index (κ3) is 4.20. The SMILES string of the molecule is CCc1cc(Br)ccc1NCC1(O)CCC(C(=O)O)CC1. The second-order valence-corrected chi connectivity index (χ2v) is 6.76. The maximum Gasteiger partial charge on any atom is 0.306 e. The molecule has 4 nitrogen and oxygen atoms in total. The molecule has 0 saturated heterocycles. The number of anilines is 1. The van der Waals surface area contributed by atoms with Gasteiger partial charge >= 0.3 is 5.97 Å². The first kappa shape index (κ1) is 16.3. The lowest BCUT2D eigenvalue weighted by Crippen LogP contribution is -2.42. The topological polar surface area (TPSA) is 69.6 Å². The van der Waals surface area contributed by atoms with Gasteiger partial charge in [-0.25, -0.2) is 0 Å². The van der Waals surface area contributed by atoms with Crippen LogP contribution in [0.15, 0.2) is 22.7 Å². The van der Waals surface area contributed by atoms with Gasteiger partial charge in [0.2, 0.25) is 0 Å². The van der Waals surface area contributed by atoms with Gasteiger partial charge in [-0.1, -0.05) is 22.9 Å². The maximum atomic E-state index is 11.0. The molecule has 0 heterocycles. The minimum Gasteiger partial charge on any atom is -0.481 e. The molecule has 5 heteroatoms. The molecule has 0 unspecified atom stereocenters. The Morgan fingerprint density at radius 3 is 2.67 bits per heavy atom. The summed E-state index contributed by atoms with van der Waals surface area (Å²) in [7, 11) is 0. The van der Waals surface area contributed by atoms with Gasteiger partial charge in [0.25, 0.3) is 0 Å². The number of rotatable bonds is 5. The largest absolute Gasteiger partial charge is 0.481 e. The molecule has 0 bridgehead atoms. The normalized spacial score (nSPS) is 25.6. The summed E-state index contributed by atoms with van der Waals surface area (Å²) in [4.78, 5) is 11.0. The highest BCUT2D eigenvalue weighted by atomic mass is 79.9. The summed E-state index contributed by atoms with van der Waals surface area (Å²) in [6.07, 6.45) is 3.09. The third-order valence-electron chi connectivity index (χ3n) is 4.32. The van der Waals surface area contributed by atoms with Gasteiger partial charge in [0.1, 0.15) is 0 Å². The van der Waals surface area contributed by atoms with Crippen LogP contribution in [0.1, 0.15) is 38.2 Å². The Hall–Kier alpha value is -1.07. The van der Waals surface area contributed by atoms with Crippen molar-refractivity contribution in [3.63, 3.8) is 0 Å². The number of hydrogen-bond donors (Lipinski definition) is 3. The van der Waals surface area contributed by atoms with Crippen molar-refractivity contribution in [1.29, 1.82) is 0 Å². The molecule has 21 heavy (non-hydrogen) atoms. The van der Waals surface area contributed by atoms with Crippen molar-refractivity contribution in [2.24, 2.45) is 5.92 Å². The van der Waals surface area contributed by atoms with Crippen LogP contribution in [0.25, 0.3) is 0 Å². The molecule has 0 atom stereocenters. The molecule has 0 amide bonds. The highest BCUT2D eigenvalue weighted by molar-refractivity contribution is 9.10. The number of carboxylic acid groups (broad SMARTS) is 1. The molecular formula is C16H22BrNO3. The molecule has 0 spiro atoms. The van der Waals surface area contributed by atoms with Crippen molar-refractivity contribution >= 4 is 27.6 Å². The van der Waals surface area contributed by atoms with E-state index in [-0.39, 0.29) is 5.92 Å². The molecule has 1 fully saturated rings. The average molecular weight is 356 g/mol. The van der Waals surface area contributed by atoms with Crippen LogP contribution in [0.5, 0.6) is 0 Å². The molecule has 0 aliphatic heterocycles. The number of halogens is 1. The Labute approximate surface area is 133 Å². The smallest absolute Gasteiger partial charge is 0.306 e. The summed E-state index contributed by atoms with van der Waals surface area (Å²) in [5, 5.41) is 22.9. The van der Waals surface area contributed by atoms with Gasteiger partial charge in [-0.3, -0.25) is 4.79 Å². The van der Waals surface area contributed by atoms with Gasteiger partial charge in [0.05, 0.1) is 11.5 Å². The van der Waals surface area contributed by atoms with Crippen LogP contribution in [-0.4, -0.2) is 28.3 Å². The van der Waals surface area contributed by atoms with Gasteiger partial charge in [-0.15, -0.1) is 0 Å². The van der Waals surface area contributed by atoms with Crippen molar-refractivity contribution in [1.82, 2.24) is 0 Å². The van der Waals surface area contributed by atoms with Crippen LogP contribution >= 0.6 is 15.9 Å². The molecule has 0 radical (unpaired) electrons. The van der Waals surface area contributed by atoms with Crippen LogP contribution in [-0.2, 0) is 11.2 Å². The monoisotopic (exact) mass is 355 g/mol. The van der Waals surface area contributed by atoms with E-state index in [0.717, 1.165) is 16.6 Å². The molecule has 116 valence electrons. The van der Waals surface area contributed by atoms with E-state index in [1.54, 1.807) is 0 Å². The highest BCUT2D eigenvalue weighted by Crippen LogP contribution is 2.33. The highest BCUT2D eigenvalue weighted by Gasteiger charge is 2.35. The quantitative estimate of drug-likeness (QED) is 0.756. The van der Waals surface area contributed by atoms with E-state index in [4.69, 9.17) is 5.11 Å². The lowest BCUT2D eigenvalue weighted by molar-refractivity contribution is -0.144. The predicted molar refractivity (Wildman–Crippen MR) is 86.6 cm³/mol. The standard InChI is InChI=1S/C16H22BrNO3/c1-2-11-9-13(17)3-4-14(11)18-10-16(21)7-5-12(6-8-16)15(19)20/h3-4,9,12,18,21H,2,5-8,10H2,1H3,(H,19,20). The number of nitrogens with one attached hydrogen (secondary N) is 1. The lowest BCUT2D eigenvalue weighted by Gasteiger charge is -2.35. The number of benzene rings is 1. The van der Waals surface area contributed by atoms with E-state index in [0.29, 0.717) is 32.2 Å². The number of hydrogen-bond acceptors (Lipinski definition) is 3. The Balaban J connectivity index is 1.95. The van der Waals surface area contributed by atoms with E-state index in [1.807, 2.05) is 12.1 Å². The zero-order valence-electron chi connectivity index (χ0n) is 12.2. The summed E-state index contributed by atoms with van der Waals surface area (Å²) in [5.74, 6) is -1.05. The fourth-order valence-electron chi connectivity index (χ4n) is 2.87. The predicted octanol–water partition coefficient (Wildman–Crippen LogP) is 3.43. The second kappa shape index (κ2) is 6.79. The van der Waals surface area contributed by atoms with Crippen molar-refractivity contribution in [3.8, 4) is 0 Å². The summed E-state index contributed by atoms with van der Waals surface area (Å²) in [6, 6.07) is 6.07. The van der Waals surface area contributed by atoms with Crippen LogP contribution < -0.4 is 5.32 Å². The first-order valence-electron chi connectivity index (χ1n) is 7.41. The van der Waals surface area contributed by atoms with Crippen molar-refractivity contribution < 1.29 is 15.0 Å². The van der Waals surface area contributed by atoms with Crippen molar-refractivity contribution in [3.05, 3.63) is 28.2 Å². The van der Waals surface area contributed by atoms with Gasteiger partial charge in [-0.2, -0.15) is 0 Å². The molecule has 3 N–H and O–H groups in total. The zero-order valence-corrected chi connectivity index (χ0v) is 13.8. The molecule has 1 aromatic rings. The lowest BCUT2D eigenvalue weighted by atomic mass is 9.79. The molecule has 1 aliphatic carbocycles. The number of aliphatic hydroxyl groups is 1. The molecule has 1 aromatic carbocycles. The van der Waals surface area contributed by atoms with Gasteiger partial charge < -0.3 is 15.5 Å². The second-order valence-electron chi connectivity index (χ2n) is 5.85. The fraction of sp³-hybridized carbons (Fsp3) is 0.562. The minimum atomic E-state index is -0.802. The summed E-state index contributed by atoms with van der Waals surface area (Å²) in [5.41, 5.74) is 1.44. The number of aryl methyl sites for hydroxylation is 1. The third-order valence-corrected chi connectivity index (χ3v) is 4.81. The van der Waals surface area contributed by atoms with Crippen molar-refractivity contribution in [2.45, 2.75) is 44.6 Å². The van der Waals surface area contributed by atoms with Crippen molar-refractivity contribution in [2.75, 3.05) is 11.9 Å². The van der Waals surface area contributed by atoms with E-state index >= 15 is 0 Å². The van der Waals surface area contributed by atoms with Crippen LogP contribution in [0.3, 0.4) is 0 Å². The Bertz CT molecular complexity index is 510. The van der Waals surface area contributed by atoms with Gasteiger partial charge in [0, 0.05) is 16.7 Å². The maximum absolute atomic E-state index is 11.0. The Kier molecular flexibility index (Phi) is 5.27. The van der Waals surface area contributed by atoms with E-state index in [1.165, 1.54) is 5.56 Å². The van der Waals surface area contributed by atoms with E-state index in [2.05, 4.69) is 34.2 Å². The average Bonchev–Trinajstić information content (AvgIpc) is 2.46. The summed E-state index contributed by atoms with van der Waals surface area (Å²) in [6.45, 7) is 2.56. The number of carboxylic acids is 1. The first-order valence-corrected chi connectivity index (χ1v) is 8.20. The minimum absolute atomic E-state index is 0.302. The molecule has 1 aliphatic rings. The van der Waals surface area contributed by atoms with Crippen LogP contribution in [0.2, 0.25) is 0 Å². The zero-order chi connectivity index (χ0) is 15.5. The van der Waals surface area contributed by atoms with E-state index in [9.17, 15) is 9.90 Å². The number of carbonyl (C=O) groups is 1. The summed E-state index contributed by atoms with van der Waals surface area (Å²) >= 11 is 3.46. The molecule has 2 rings (SSSR count). The molecule has 1 saturated carbocycles.